The lowest BCUT2D eigenvalue weighted by atomic mass is 10.1. The third-order valence-electron chi connectivity index (χ3n) is 3.91. The Morgan fingerprint density at radius 2 is 1.54 bits per heavy atom. The lowest BCUT2D eigenvalue weighted by molar-refractivity contribution is -0.137. The van der Waals surface area contributed by atoms with Crippen LogP contribution >= 0.6 is 22.9 Å². The minimum atomic E-state index is -4.45. The smallest absolute Gasteiger partial charge is 0.350 e. The SMILES string of the molecule is O=C(NCCNC(=O)c1sc2ccccc2c1Cl)c1ccc(C(F)(F)F)cc1. The molecule has 0 fully saturated rings. The summed E-state index contributed by atoms with van der Waals surface area (Å²) in [7, 11) is 0. The summed E-state index contributed by atoms with van der Waals surface area (Å²) in [5.41, 5.74) is -0.719. The van der Waals surface area contributed by atoms with Crippen molar-refractivity contribution in [1.29, 1.82) is 0 Å². The first-order valence-electron chi connectivity index (χ1n) is 8.18. The number of carbonyl (C=O) groups is 2. The number of halogens is 4. The molecule has 9 heteroatoms. The minimum Gasteiger partial charge on any atom is -0.350 e. The molecule has 3 aromatic rings. The van der Waals surface area contributed by atoms with Gasteiger partial charge in [0.25, 0.3) is 11.8 Å². The summed E-state index contributed by atoms with van der Waals surface area (Å²) in [6.07, 6.45) is -4.45. The molecule has 0 aliphatic rings. The number of carbonyl (C=O) groups excluding carboxylic acids is 2. The van der Waals surface area contributed by atoms with Gasteiger partial charge in [-0.05, 0) is 30.3 Å². The number of rotatable bonds is 5. The van der Waals surface area contributed by atoms with Crippen molar-refractivity contribution in [3.63, 3.8) is 0 Å². The van der Waals surface area contributed by atoms with E-state index in [9.17, 15) is 22.8 Å². The first kappa shape index (κ1) is 20.2. The van der Waals surface area contributed by atoms with Crippen molar-refractivity contribution in [1.82, 2.24) is 10.6 Å². The molecule has 0 saturated heterocycles. The number of fused-ring (bicyclic) bond motifs is 1. The summed E-state index contributed by atoms with van der Waals surface area (Å²) >= 11 is 7.51. The van der Waals surface area contributed by atoms with Crippen molar-refractivity contribution < 1.29 is 22.8 Å². The zero-order chi connectivity index (χ0) is 20.3. The van der Waals surface area contributed by atoms with E-state index in [1.165, 1.54) is 11.3 Å². The van der Waals surface area contributed by atoms with Crippen LogP contribution in [-0.4, -0.2) is 24.9 Å². The predicted molar refractivity (Wildman–Crippen MR) is 103 cm³/mol. The van der Waals surface area contributed by atoms with E-state index in [0.29, 0.717) is 9.90 Å². The van der Waals surface area contributed by atoms with Crippen LogP contribution in [0.1, 0.15) is 25.6 Å². The zero-order valence-corrected chi connectivity index (χ0v) is 15.8. The van der Waals surface area contributed by atoms with Gasteiger partial charge in [-0.15, -0.1) is 11.3 Å². The van der Waals surface area contributed by atoms with E-state index in [2.05, 4.69) is 10.6 Å². The maximum absolute atomic E-state index is 12.5. The first-order chi connectivity index (χ1) is 13.3. The van der Waals surface area contributed by atoms with Gasteiger partial charge in [-0.1, -0.05) is 29.8 Å². The van der Waals surface area contributed by atoms with Crippen LogP contribution in [0.15, 0.2) is 48.5 Å². The van der Waals surface area contributed by atoms with Crippen LogP contribution in [0.4, 0.5) is 13.2 Å². The van der Waals surface area contributed by atoms with Gasteiger partial charge in [0.1, 0.15) is 4.88 Å². The summed E-state index contributed by atoms with van der Waals surface area (Å²) in [4.78, 5) is 24.6. The quantitative estimate of drug-likeness (QED) is 0.579. The van der Waals surface area contributed by atoms with Crippen molar-refractivity contribution >= 4 is 44.8 Å². The molecule has 2 N–H and O–H groups in total. The molecule has 4 nitrogen and oxygen atoms in total. The van der Waals surface area contributed by atoms with Crippen molar-refractivity contribution in [3.05, 3.63) is 69.6 Å². The molecule has 28 heavy (non-hydrogen) atoms. The topological polar surface area (TPSA) is 58.2 Å². The van der Waals surface area contributed by atoms with Gasteiger partial charge in [-0.3, -0.25) is 9.59 Å². The van der Waals surface area contributed by atoms with Gasteiger partial charge in [0.2, 0.25) is 0 Å². The van der Waals surface area contributed by atoms with Crippen LogP contribution in [0.5, 0.6) is 0 Å². The van der Waals surface area contributed by atoms with E-state index in [0.717, 1.165) is 34.4 Å². The van der Waals surface area contributed by atoms with Crippen molar-refractivity contribution in [2.45, 2.75) is 6.18 Å². The summed E-state index contributed by atoms with van der Waals surface area (Å²) < 4.78 is 38.5. The number of thiophene rings is 1. The maximum Gasteiger partial charge on any atom is 0.416 e. The van der Waals surface area contributed by atoms with E-state index >= 15 is 0 Å². The summed E-state index contributed by atoms with van der Waals surface area (Å²) in [5.74, 6) is -0.877. The highest BCUT2D eigenvalue weighted by Crippen LogP contribution is 2.35. The molecular weight excluding hydrogens is 413 g/mol. The number of benzene rings is 2. The van der Waals surface area contributed by atoms with Crippen molar-refractivity contribution in [2.75, 3.05) is 13.1 Å². The lowest BCUT2D eigenvalue weighted by Gasteiger charge is -2.09. The molecule has 2 aromatic carbocycles. The van der Waals surface area contributed by atoms with Crippen LogP contribution in [-0.2, 0) is 6.18 Å². The number of hydrogen-bond donors (Lipinski definition) is 2. The monoisotopic (exact) mass is 426 g/mol. The Labute approximate surface area is 167 Å². The molecule has 0 unspecified atom stereocenters. The lowest BCUT2D eigenvalue weighted by Crippen LogP contribution is -2.34. The van der Waals surface area contributed by atoms with Gasteiger partial charge in [0, 0.05) is 28.7 Å². The summed E-state index contributed by atoms with van der Waals surface area (Å²) in [6.45, 7) is 0.268. The zero-order valence-electron chi connectivity index (χ0n) is 14.3. The normalized spacial score (nSPS) is 11.4. The van der Waals surface area contributed by atoms with Gasteiger partial charge >= 0.3 is 6.18 Å². The predicted octanol–water partition coefficient (Wildman–Crippen LogP) is 4.73. The van der Waals surface area contributed by atoms with Crippen LogP contribution in [0.2, 0.25) is 5.02 Å². The second kappa shape index (κ2) is 8.20. The highest BCUT2D eigenvalue weighted by atomic mass is 35.5. The third kappa shape index (κ3) is 4.45. The number of hydrogen-bond acceptors (Lipinski definition) is 3. The third-order valence-corrected chi connectivity index (χ3v) is 5.59. The molecule has 3 rings (SSSR count). The molecule has 1 heterocycles. The van der Waals surface area contributed by atoms with Gasteiger partial charge in [-0.2, -0.15) is 13.2 Å². The molecule has 0 saturated carbocycles. The van der Waals surface area contributed by atoms with E-state index in [4.69, 9.17) is 11.6 Å². The largest absolute Gasteiger partial charge is 0.416 e. The van der Waals surface area contributed by atoms with Crippen LogP contribution in [0, 0.1) is 0 Å². The Balaban J connectivity index is 1.51. The molecule has 146 valence electrons. The molecule has 0 radical (unpaired) electrons. The molecule has 0 bridgehead atoms. The Kier molecular flexibility index (Phi) is 5.90. The van der Waals surface area contributed by atoms with Crippen molar-refractivity contribution in [2.24, 2.45) is 0 Å². The standard InChI is InChI=1S/C19H14ClF3N2O2S/c20-15-13-3-1-2-4-14(13)28-16(15)18(27)25-10-9-24-17(26)11-5-7-12(8-6-11)19(21,22)23/h1-8H,9-10H2,(H,24,26)(H,25,27). The summed E-state index contributed by atoms with van der Waals surface area (Å²) in [6, 6.07) is 11.3. The maximum atomic E-state index is 12.5. The minimum absolute atomic E-state index is 0.104. The van der Waals surface area contributed by atoms with E-state index < -0.39 is 17.6 Å². The Morgan fingerprint density at radius 1 is 0.929 bits per heavy atom. The van der Waals surface area contributed by atoms with E-state index in [1.807, 2.05) is 24.3 Å². The Bertz CT molecular complexity index is 1020. The van der Waals surface area contributed by atoms with Crippen LogP contribution in [0.25, 0.3) is 10.1 Å². The first-order valence-corrected chi connectivity index (χ1v) is 9.37. The van der Waals surface area contributed by atoms with Crippen LogP contribution < -0.4 is 10.6 Å². The Hall–Kier alpha value is -2.58. The fraction of sp³-hybridized carbons (Fsp3) is 0.158. The fourth-order valence-electron chi connectivity index (χ4n) is 2.51. The number of amides is 2. The van der Waals surface area contributed by atoms with Crippen molar-refractivity contribution in [3.8, 4) is 0 Å². The second-order valence-corrected chi connectivity index (χ2v) is 7.26. The van der Waals surface area contributed by atoms with Gasteiger partial charge in [-0.25, -0.2) is 0 Å². The fourth-order valence-corrected chi connectivity index (χ4v) is 3.94. The molecule has 0 atom stereocenters. The molecule has 2 amide bonds. The average molecular weight is 427 g/mol. The second-order valence-electron chi connectivity index (χ2n) is 5.83. The number of alkyl halides is 3. The average Bonchev–Trinajstić information content (AvgIpc) is 3.01. The molecular formula is C19H14ClF3N2O2S. The molecule has 0 spiro atoms. The molecule has 0 aliphatic carbocycles. The van der Waals surface area contributed by atoms with E-state index in [1.54, 1.807) is 0 Å². The highest BCUT2D eigenvalue weighted by Gasteiger charge is 2.30. The van der Waals surface area contributed by atoms with Crippen LogP contribution in [0.3, 0.4) is 0 Å². The van der Waals surface area contributed by atoms with Gasteiger partial charge in [0.05, 0.1) is 10.6 Å². The molecule has 1 aromatic heterocycles. The number of nitrogens with one attached hydrogen (secondary N) is 2. The molecule has 0 aliphatic heterocycles. The highest BCUT2D eigenvalue weighted by molar-refractivity contribution is 7.21. The Morgan fingerprint density at radius 3 is 2.14 bits per heavy atom. The summed E-state index contributed by atoms with van der Waals surface area (Å²) in [5, 5.41) is 6.38. The van der Waals surface area contributed by atoms with Gasteiger partial charge < -0.3 is 10.6 Å². The van der Waals surface area contributed by atoms with E-state index in [-0.39, 0.29) is 24.6 Å². The van der Waals surface area contributed by atoms with Gasteiger partial charge in [0.15, 0.2) is 0 Å².